The molecule has 5 N–H and O–H groups in total. The fourth-order valence-corrected chi connectivity index (χ4v) is 7.12. The van der Waals surface area contributed by atoms with Crippen LogP contribution in [0.5, 0.6) is 0 Å². The molecule has 1 aromatic rings. The van der Waals surface area contributed by atoms with Crippen molar-refractivity contribution in [2.75, 3.05) is 27.2 Å². The van der Waals surface area contributed by atoms with Crippen LogP contribution < -0.4 is 26.6 Å². The number of carbonyl (C=O) groups is 7. The summed E-state index contributed by atoms with van der Waals surface area (Å²) in [6.07, 6.45) is 1.95. The largest absolute Gasteiger partial charge is 0.347 e. The van der Waals surface area contributed by atoms with Crippen molar-refractivity contribution < 1.29 is 33.6 Å². The number of hydrogen-bond donors (Lipinski definition) is 5. The lowest BCUT2D eigenvalue weighted by atomic mass is 9.85. The van der Waals surface area contributed by atoms with Gasteiger partial charge in [-0.15, -0.1) is 0 Å². The molecule has 1 aromatic carbocycles. The monoisotopic (exact) mass is 723 g/mol. The number of urea groups is 1. The van der Waals surface area contributed by atoms with Crippen LogP contribution in [0.15, 0.2) is 30.3 Å². The number of piperidine rings is 1. The Labute approximate surface area is 306 Å². The van der Waals surface area contributed by atoms with E-state index in [0.717, 1.165) is 12.8 Å². The molecule has 2 unspecified atom stereocenters. The average molecular weight is 724 g/mol. The van der Waals surface area contributed by atoms with E-state index in [9.17, 15) is 33.6 Å². The molecule has 4 rings (SSSR count). The fraction of sp³-hybridized carbons (Fsp3) is 0.658. The third-order valence-electron chi connectivity index (χ3n) is 10.3. The molecule has 6 atom stereocenters. The van der Waals surface area contributed by atoms with E-state index < -0.39 is 77.1 Å². The van der Waals surface area contributed by atoms with Gasteiger partial charge in [-0.3, -0.25) is 28.8 Å². The molecule has 0 radical (unpaired) electrons. The van der Waals surface area contributed by atoms with E-state index in [1.807, 2.05) is 55.4 Å². The van der Waals surface area contributed by atoms with Crippen LogP contribution in [0.25, 0.3) is 0 Å². The second kappa shape index (κ2) is 15.2. The topological polar surface area (TPSA) is 186 Å². The number of fused-ring (bicyclic) bond motifs is 1. The van der Waals surface area contributed by atoms with E-state index >= 15 is 0 Å². The van der Waals surface area contributed by atoms with E-state index in [0.29, 0.717) is 12.1 Å². The predicted octanol–water partition coefficient (Wildman–Crippen LogP) is 1.90. The van der Waals surface area contributed by atoms with Gasteiger partial charge >= 0.3 is 6.03 Å². The molecule has 1 saturated heterocycles. The molecule has 14 heteroatoms. The van der Waals surface area contributed by atoms with E-state index in [4.69, 9.17) is 0 Å². The van der Waals surface area contributed by atoms with Gasteiger partial charge in [-0.1, -0.05) is 77.8 Å². The van der Waals surface area contributed by atoms with Crippen LogP contribution in [0.1, 0.15) is 86.3 Å². The Balaban J connectivity index is 1.46. The van der Waals surface area contributed by atoms with E-state index in [-0.39, 0.29) is 35.5 Å². The summed E-state index contributed by atoms with van der Waals surface area (Å²) >= 11 is 0. The Morgan fingerprint density at radius 2 is 1.52 bits per heavy atom. The van der Waals surface area contributed by atoms with E-state index in [2.05, 4.69) is 26.6 Å². The van der Waals surface area contributed by atoms with Crippen LogP contribution in [0, 0.1) is 28.6 Å². The number of benzene rings is 1. The summed E-state index contributed by atoms with van der Waals surface area (Å²) in [5, 5.41) is 13.5. The fourth-order valence-electron chi connectivity index (χ4n) is 7.12. The summed E-state index contributed by atoms with van der Waals surface area (Å²) in [6.45, 7) is 14.9. The second-order valence-electron chi connectivity index (χ2n) is 17.5. The first-order valence-electron chi connectivity index (χ1n) is 18.1. The maximum absolute atomic E-state index is 14.2. The van der Waals surface area contributed by atoms with Gasteiger partial charge in [0.05, 0.1) is 12.6 Å². The number of ketones is 1. The van der Waals surface area contributed by atoms with Gasteiger partial charge in [0.1, 0.15) is 18.1 Å². The first-order chi connectivity index (χ1) is 24.0. The van der Waals surface area contributed by atoms with Crippen molar-refractivity contribution in [3.05, 3.63) is 35.9 Å². The normalized spacial score (nSPS) is 22.1. The quantitative estimate of drug-likeness (QED) is 0.192. The molecule has 7 amide bonds. The molecule has 286 valence electrons. The van der Waals surface area contributed by atoms with Crippen molar-refractivity contribution in [1.29, 1.82) is 0 Å². The molecular formula is C38H57N7O7. The van der Waals surface area contributed by atoms with Crippen molar-refractivity contribution in [2.45, 2.75) is 104 Å². The first-order valence-corrected chi connectivity index (χ1v) is 18.1. The van der Waals surface area contributed by atoms with Gasteiger partial charge in [0, 0.05) is 26.2 Å². The summed E-state index contributed by atoms with van der Waals surface area (Å²) in [6, 6.07) is 4.16. The summed E-state index contributed by atoms with van der Waals surface area (Å²) in [7, 11) is 3.13. The highest BCUT2D eigenvalue weighted by atomic mass is 16.2. The lowest BCUT2D eigenvalue weighted by Crippen LogP contribution is -2.62. The van der Waals surface area contributed by atoms with Crippen LogP contribution in [0.2, 0.25) is 0 Å². The maximum Gasteiger partial charge on any atom is 0.315 e. The summed E-state index contributed by atoms with van der Waals surface area (Å²) < 4.78 is 0. The highest BCUT2D eigenvalue weighted by molar-refractivity contribution is 6.38. The molecule has 1 heterocycles. The van der Waals surface area contributed by atoms with Gasteiger partial charge in [0.15, 0.2) is 0 Å². The zero-order valence-electron chi connectivity index (χ0n) is 32.2. The van der Waals surface area contributed by atoms with Crippen molar-refractivity contribution >= 4 is 41.4 Å². The maximum atomic E-state index is 14.2. The van der Waals surface area contributed by atoms with Crippen molar-refractivity contribution in [1.82, 2.24) is 36.4 Å². The molecule has 2 aliphatic carbocycles. The number of hydrogen-bond acceptors (Lipinski definition) is 7. The Bertz CT molecular complexity index is 1560. The highest BCUT2D eigenvalue weighted by Gasteiger charge is 2.70. The van der Waals surface area contributed by atoms with Crippen LogP contribution in [-0.4, -0.2) is 102 Å². The molecule has 2 saturated carbocycles. The summed E-state index contributed by atoms with van der Waals surface area (Å²) in [5.74, 6) is -3.87. The molecule has 3 aliphatic rings. The predicted molar refractivity (Wildman–Crippen MR) is 194 cm³/mol. The number of carbonyl (C=O) groups excluding carboxylic acids is 7. The second-order valence-corrected chi connectivity index (χ2v) is 17.5. The van der Waals surface area contributed by atoms with Crippen LogP contribution in [0.3, 0.4) is 0 Å². The number of Topliss-reactive ketones (excluding diaryl/α,β-unsaturated/α-hetero) is 1. The van der Waals surface area contributed by atoms with E-state index in [1.54, 1.807) is 44.4 Å². The van der Waals surface area contributed by atoms with Gasteiger partial charge in [-0.2, -0.15) is 0 Å². The summed E-state index contributed by atoms with van der Waals surface area (Å²) in [4.78, 5) is 96.6. The van der Waals surface area contributed by atoms with Gasteiger partial charge in [-0.25, -0.2) is 4.79 Å². The Hall–Kier alpha value is -4.49. The minimum atomic E-state index is -1.16. The molecule has 3 fully saturated rings. The Morgan fingerprint density at radius 3 is 2.06 bits per heavy atom. The molecule has 0 bridgehead atoms. The number of likely N-dealkylation sites (tertiary alicyclic amines) is 1. The SMILES string of the molecule is CN(C)C(=O)[C@@H](NC(=O)CNC(=O)C(=O)C(CC1CC1)NC(=O)[C@@H]1[C@@H]2[C@H](CN1C(=O)C(NC(=O)NC(C)(C)C)C(C)(C)C)C2(C)C)c1ccccc1. The number of nitrogens with zero attached hydrogens (tertiary/aromatic N) is 2. The van der Waals surface area contributed by atoms with Crippen LogP contribution >= 0.6 is 0 Å². The van der Waals surface area contributed by atoms with Crippen molar-refractivity contribution in [3.8, 4) is 0 Å². The standard InChI is InChI=1S/C38H57N7O7/c1-36(2,3)30(42-35(52)43-37(4,5)6)34(51)45-20-23-26(38(23,7)8)28(45)31(48)40-24(18-21-16-17-21)29(47)32(49)39-19-25(46)41-27(33(50)44(9)10)22-14-12-11-13-15-22/h11-15,21,23-24,26-28,30H,16-20H2,1-10H3,(H,39,49)(H,40,48)(H,41,46)(H2,42,43,52)/t23-,24?,26-,27-,28-,30?/m0/s1. The third kappa shape index (κ3) is 9.68. The zero-order chi connectivity index (χ0) is 38.9. The van der Waals surface area contributed by atoms with Gasteiger partial charge in [-0.05, 0) is 61.3 Å². The highest BCUT2D eigenvalue weighted by Crippen LogP contribution is 2.65. The average Bonchev–Trinajstić information content (AvgIpc) is 3.90. The van der Waals surface area contributed by atoms with Crippen LogP contribution in [0.4, 0.5) is 4.79 Å². The van der Waals surface area contributed by atoms with Crippen molar-refractivity contribution in [3.63, 3.8) is 0 Å². The van der Waals surface area contributed by atoms with Crippen molar-refractivity contribution in [2.24, 2.45) is 28.6 Å². The zero-order valence-corrected chi connectivity index (χ0v) is 32.2. The molecule has 1 aliphatic heterocycles. The molecule has 14 nitrogen and oxygen atoms in total. The smallest absolute Gasteiger partial charge is 0.315 e. The molecule has 0 spiro atoms. The molecule has 0 aromatic heterocycles. The number of likely N-dealkylation sites (N-methyl/N-ethyl adjacent to an activating group) is 1. The minimum absolute atomic E-state index is 0.0507. The number of rotatable bonds is 13. The van der Waals surface area contributed by atoms with E-state index in [1.165, 1.54) is 9.80 Å². The van der Waals surface area contributed by atoms with Gasteiger partial charge < -0.3 is 36.4 Å². The first kappa shape index (κ1) is 40.3. The Kier molecular flexibility index (Phi) is 11.8. The van der Waals surface area contributed by atoms with Crippen LogP contribution in [-0.2, 0) is 28.8 Å². The minimum Gasteiger partial charge on any atom is -0.347 e. The lowest BCUT2D eigenvalue weighted by molar-refractivity contribution is -0.145. The molecule has 52 heavy (non-hydrogen) atoms. The summed E-state index contributed by atoms with van der Waals surface area (Å²) in [5.41, 5.74) is -0.890. The third-order valence-corrected chi connectivity index (χ3v) is 10.3. The van der Waals surface area contributed by atoms with Gasteiger partial charge in [0.25, 0.3) is 5.91 Å². The number of nitrogens with one attached hydrogen (secondary N) is 5. The Morgan fingerprint density at radius 1 is 0.904 bits per heavy atom. The molecular weight excluding hydrogens is 666 g/mol. The number of amides is 7. The van der Waals surface area contributed by atoms with Gasteiger partial charge in [0.2, 0.25) is 29.4 Å². The lowest BCUT2D eigenvalue weighted by Gasteiger charge is -2.38.